The minimum Gasteiger partial charge on any atom is -0.490 e. The van der Waals surface area contributed by atoms with Crippen LogP contribution in [0.1, 0.15) is 51.6 Å². The zero-order valence-corrected chi connectivity index (χ0v) is 15.7. The van der Waals surface area contributed by atoms with E-state index in [1.54, 1.807) is 0 Å². The van der Waals surface area contributed by atoms with Crippen LogP contribution in [0.15, 0.2) is 24.3 Å². The molecule has 0 aromatic heterocycles. The third kappa shape index (κ3) is 3.32. The van der Waals surface area contributed by atoms with Crippen molar-refractivity contribution in [1.29, 1.82) is 0 Å². The van der Waals surface area contributed by atoms with Crippen LogP contribution in [0.5, 0.6) is 5.75 Å². The number of fused-ring (bicyclic) bond motifs is 1. The molecule has 4 nitrogen and oxygen atoms in total. The molecule has 138 valence electrons. The Labute approximate surface area is 151 Å². The first-order valence-electron chi connectivity index (χ1n) is 9.78. The molecule has 1 aromatic carbocycles. The molecule has 0 spiro atoms. The molecule has 2 saturated heterocycles. The van der Waals surface area contributed by atoms with Crippen molar-refractivity contribution >= 4 is 0 Å². The van der Waals surface area contributed by atoms with Gasteiger partial charge in [-0.2, -0.15) is 0 Å². The summed E-state index contributed by atoms with van der Waals surface area (Å²) in [5.41, 5.74) is 1.54. The van der Waals surface area contributed by atoms with Crippen molar-refractivity contribution in [3.8, 4) is 5.75 Å². The van der Waals surface area contributed by atoms with Crippen LogP contribution in [-0.4, -0.2) is 38.1 Å². The normalized spacial score (nSPS) is 32.7. The Morgan fingerprint density at radius 3 is 2.52 bits per heavy atom. The van der Waals surface area contributed by atoms with Crippen molar-refractivity contribution in [2.24, 2.45) is 11.3 Å². The van der Waals surface area contributed by atoms with Crippen LogP contribution >= 0.6 is 0 Å². The van der Waals surface area contributed by atoms with Crippen LogP contribution in [0.25, 0.3) is 0 Å². The number of nitrogens with one attached hydrogen (secondary N) is 1. The highest BCUT2D eigenvalue weighted by molar-refractivity contribution is 5.29. The maximum absolute atomic E-state index is 6.08. The van der Waals surface area contributed by atoms with Gasteiger partial charge in [0, 0.05) is 42.9 Å². The van der Waals surface area contributed by atoms with Crippen LogP contribution in [0.2, 0.25) is 0 Å². The first-order chi connectivity index (χ1) is 12.1. The molecule has 2 heterocycles. The van der Waals surface area contributed by atoms with E-state index >= 15 is 0 Å². The summed E-state index contributed by atoms with van der Waals surface area (Å²) < 4.78 is 17.4. The zero-order valence-electron chi connectivity index (χ0n) is 15.7. The smallest absolute Gasteiger partial charge is 0.119 e. The summed E-state index contributed by atoms with van der Waals surface area (Å²) >= 11 is 0. The van der Waals surface area contributed by atoms with E-state index in [1.807, 2.05) is 0 Å². The number of hydrogen-bond acceptors (Lipinski definition) is 4. The summed E-state index contributed by atoms with van der Waals surface area (Å²) in [4.78, 5) is 0. The standard InChI is InChI=1S/C21H31NO3/c1-14(22-19-18-10-13-24-20(18)21(19,2)3)15-4-6-16(7-5-15)25-17-8-11-23-12-9-17/h4-7,14,17-20,22H,8-13H2,1-3H3/t14-,18-,19+,20-/m0/s1. The van der Waals surface area contributed by atoms with Crippen LogP contribution in [0, 0.1) is 11.3 Å². The number of ether oxygens (including phenoxy) is 3. The molecule has 1 saturated carbocycles. The predicted octanol–water partition coefficient (Wildman–Crippen LogP) is 3.71. The first-order valence-corrected chi connectivity index (χ1v) is 9.78. The zero-order chi connectivity index (χ0) is 17.4. The lowest BCUT2D eigenvalue weighted by atomic mass is 9.57. The van der Waals surface area contributed by atoms with E-state index in [-0.39, 0.29) is 5.41 Å². The minimum absolute atomic E-state index is 0.224. The SMILES string of the molecule is C[C@H](N[C@@H]1[C@@H]2CCO[C@@H]2C1(C)C)c1ccc(OC2CCOCC2)cc1. The molecular formula is C21H31NO3. The van der Waals surface area contributed by atoms with Crippen molar-refractivity contribution in [3.63, 3.8) is 0 Å². The largest absolute Gasteiger partial charge is 0.490 e. The van der Waals surface area contributed by atoms with Gasteiger partial charge < -0.3 is 19.5 Å². The van der Waals surface area contributed by atoms with Gasteiger partial charge in [-0.05, 0) is 31.0 Å². The molecule has 1 aromatic rings. The molecule has 4 atom stereocenters. The van der Waals surface area contributed by atoms with Gasteiger partial charge >= 0.3 is 0 Å². The average molecular weight is 345 g/mol. The second-order valence-corrected chi connectivity index (χ2v) is 8.43. The molecule has 3 aliphatic rings. The van der Waals surface area contributed by atoms with Crippen molar-refractivity contribution in [1.82, 2.24) is 5.32 Å². The van der Waals surface area contributed by atoms with E-state index in [2.05, 4.69) is 50.4 Å². The van der Waals surface area contributed by atoms with Crippen LogP contribution in [-0.2, 0) is 9.47 Å². The average Bonchev–Trinajstić information content (AvgIpc) is 3.08. The highest BCUT2D eigenvalue weighted by Gasteiger charge is 2.59. The summed E-state index contributed by atoms with van der Waals surface area (Å²) in [6.07, 6.45) is 3.90. The molecule has 1 aliphatic carbocycles. The Morgan fingerprint density at radius 2 is 1.80 bits per heavy atom. The summed E-state index contributed by atoms with van der Waals surface area (Å²) in [6.45, 7) is 9.46. The Kier molecular flexibility index (Phi) is 4.78. The van der Waals surface area contributed by atoms with Gasteiger partial charge in [-0.15, -0.1) is 0 Å². The third-order valence-corrected chi connectivity index (χ3v) is 6.38. The van der Waals surface area contributed by atoms with Crippen molar-refractivity contribution in [3.05, 3.63) is 29.8 Å². The van der Waals surface area contributed by atoms with Gasteiger partial charge in [0.15, 0.2) is 0 Å². The van der Waals surface area contributed by atoms with E-state index in [0.717, 1.165) is 38.4 Å². The molecule has 2 aliphatic heterocycles. The molecule has 0 bridgehead atoms. The van der Waals surface area contributed by atoms with Crippen molar-refractivity contribution < 1.29 is 14.2 Å². The van der Waals surface area contributed by atoms with Gasteiger partial charge in [-0.1, -0.05) is 26.0 Å². The lowest BCUT2D eigenvalue weighted by molar-refractivity contribution is -0.115. The molecule has 4 rings (SSSR count). The fourth-order valence-corrected chi connectivity index (χ4v) is 4.85. The molecule has 0 radical (unpaired) electrons. The molecule has 3 fully saturated rings. The number of hydrogen-bond donors (Lipinski definition) is 1. The fraction of sp³-hybridized carbons (Fsp3) is 0.714. The summed E-state index contributed by atoms with van der Waals surface area (Å²) in [5.74, 6) is 1.64. The Bertz CT molecular complexity index is 579. The number of benzene rings is 1. The summed E-state index contributed by atoms with van der Waals surface area (Å²) in [5, 5.41) is 3.86. The van der Waals surface area contributed by atoms with E-state index in [0.29, 0.717) is 30.2 Å². The van der Waals surface area contributed by atoms with Gasteiger partial charge in [0.2, 0.25) is 0 Å². The topological polar surface area (TPSA) is 39.7 Å². The van der Waals surface area contributed by atoms with E-state index in [4.69, 9.17) is 14.2 Å². The monoisotopic (exact) mass is 345 g/mol. The van der Waals surface area contributed by atoms with Gasteiger partial charge in [0.25, 0.3) is 0 Å². The highest BCUT2D eigenvalue weighted by Crippen LogP contribution is 2.52. The van der Waals surface area contributed by atoms with Gasteiger partial charge in [-0.25, -0.2) is 0 Å². The van der Waals surface area contributed by atoms with E-state index < -0.39 is 0 Å². The van der Waals surface area contributed by atoms with E-state index in [1.165, 1.54) is 12.0 Å². The maximum atomic E-state index is 6.08. The Balaban J connectivity index is 1.35. The second-order valence-electron chi connectivity index (χ2n) is 8.43. The van der Waals surface area contributed by atoms with Crippen LogP contribution in [0.4, 0.5) is 0 Å². The molecule has 0 unspecified atom stereocenters. The molecule has 4 heteroatoms. The minimum atomic E-state index is 0.224. The highest BCUT2D eigenvalue weighted by atomic mass is 16.5. The van der Waals surface area contributed by atoms with Crippen molar-refractivity contribution in [2.45, 2.75) is 64.3 Å². The third-order valence-electron chi connectivity index (χ3n) is 6.38. The lowest BCUT2D eigenvalue weighted by Crippen LogP contribution is -2.66. The second kappa shape index (κ2) is 6.90. The van der Waals surface area contributed by atoms with Gasteiger partial charge in [0.05, 0.1) is 19.3 Å². The van der Waals surface area contributed by atoms with Crippen LogP contribution < -0.4 is 10.1 Å². The molecule has 1 N–H and O–H groups in total. The van der Waals surface area contributed by atoms with E-state index in [9.17, 15) is 0 Å². The number of rotatable bonds is 5. The molecule has 0 amide bonds. The Morgan fingerprint density at radius 1 is 1.08 bits per heavy atom. The quantitative estimate of drug-likeness (QED) is 0.883. The molecular weight excluding hydrogens is 314 g/mol. The van der Waals surface area contributed by atoms with Crippen LogP contribution in [0.3, 0.4) is 0 Å². The maximum Gasteiger partial charge on any atom is 0.119 e. The molecule has 25 heavy (non-hydrogen) atoms. The summed E-state index contributed by atoms with van der Waals surface area (Å²) in [7, 11) is 0. The first kappa shape index (κ1) is 17.3. The van der Waals surface area contributed by atoms with Crippen molar-refractivity contribution in [2.75, 3.05) is 19.8 Å². The fourth-order valence-electron chi connectivity index (χ4n) is 4.85. The van der Waals surface area contributed by atoms with Gasteiger partial charge in [0.1, 0.15) is 11.9 Å². The predicted molar refractivity (Wildman–Crippen MR) is 97.9 cm³/mol. The summed E-state index contributed by atoms with van der Waals surface area (Å²) in [6, 6.07) is 9.48. The Hall–Kier alpha value is -1.10. The van der Waals surface area contributed by atoms with Gasteiger partial charge in [-0.3, -0.25) is 0 Å². The lowest BCUT2D eigenvalue weighted by Gasteiger charge is -2.55.